The fourth-order valence-electron chi connectivity index (χ4n) is 0.920. The van der Waals surface area contributed by atoms with E-state index < -0.39 is 17.4 Å². The maximum Gasteiger partial charge on any atom is 0.323 e. The van der Waals surface area contributed by atoms with Crippen LogP contribution in [-0.4, -0.2) is 41.2 Å². The summed E-state index contributed by atoms with van der Waals surface area (Å²) in [6.07, 6.45) is -0.0278. The summed E-state index contributed by atoms with van der Waals surface area (Å²) in [6, 6.07) is 0. The predicted molar refractivity (Wildman–Crippen MR) is 49.5 cm³/mol. The molecular weight excluding hydrogens is 212 g/mol. The lowest BCUT2D eigenvalue weighted by molar-refractivity contribution is -0.169. The number of alkyl halides is 1. The van der Waals surface area contributed by atoms with Crippen LogP contribution in [0.15, 0.2) is 0 Å². The van der Waals surface area contributed by atoms with Crippen LogP contribution in [0.3, 0.4) is 0 Å². The van der Waals surface area contributed by atoms with Crippen molar-refractivity contribution in [2.24, 2.45) is 5.41 Å². The molecule has 0 bridgehead atoms. The molecule has 0 radical (unpaired) electrons. The molecule has 2 N–H and O–H groups in total. The second-order valence-electron chi connectivity index (χ2n) is 2.79. The highest BCUT2D eigenvalue weighted by Gasteiger charge is 2.45. The lowest BCUT2D eigenvalue weighted by Crippen LogP contribution is -2.43. The number of hydrogen-bond donors (Lipinski definition) is 2. The zero-order chi connectivity index (χ0) is 11.2. The summed E-state index contributed by atoms with van der Waals surface area (Å²) in [4.78, 5) is 21.6. The van der Waals surface area contributed by atoms with Crippen molar-refractivity contribution in [1.82, 2.24) is 0 Å². The van der Waals surface area contributed by atoms with Gasteiger partial charge >= 0.3 is 11.9 Å². The standard InChI is InChI=1S/C8H13ClO5/c1-2-8(6(10)11,7(12)13)5-14-4-3-9/h2-5H2,1H3,(H,10,11)(H,12,13). The average Bonchev–Trinajstić information content (AvgIpc) is 2.11. The highest BCUT2D eigenvalue weighted by atomic mass is 35.5. The van der Waals surface area contributed by atoms with Gasteiger partial charge in [-0.3, -0.25) is 9.59 Å². The third-order valence-electron chi connectivity index (χ3n) is 1.99. The Morgan fingerprint density at radius 3 is 2.14 bits per heavy atom. The van der Waals surface area contributed by atoms with Gasteiger partial charge in [0, 0.05) is 5.88 Å². The summed E-state index contributed by atoms with van der Waals surface area (Å²) in [5.74, 6) is -2.57. The van der Waals surface area contributed by atoms with Crippen molar-refractivity contribution in [1.29, 1.82) is 0 Å². The van der Waals surface area contributed by atoms with Crippen molar-refractivity contribution < 1.29 is 24.5 Å². The van der Waals surface area contributed by atoms with E-state index in [9.17, 15) is 9.59 Å². The molecule has 0 fully saturated rings. The van der Waals surface area contributed by atoms with Gasteiger partial charge in [0.15, 0.2) is 5.41 Å². The molecule has 0 unspecified atom stereocenters. The molecule has 0 saturated carbocycles. The first-order valence-electron chi connectivity index (χ1n) is 4.11. The number of carboxylic acid groups (broad SMARTS) is 2. The molecule has 0 aliphatic rings. The lowest BCUT2D eigenvalue weighted by Gasteiger charge is -2.22. The summed E-state index contributed by atoms with van der Waals surface area (Å²) < 4.78 is 4.87. The molecule has 6 heteroatoms. The number of hydrogen-bond acceptors (Lipinski definition) is 3. The number of halogens is 1. The molecular formula is C8H13ClO5. The largest absolute Gasteiger partial charge is 0.480 e. The molecule has 0 spiro atoms. The first kappa shape index (κ1) is 13.2. The molecule has 82 valence electrons. The number of carboxylic acids is 2. The van der Waals surface area contributed by atoms with Gasteiger partial charge in [0.2, 0.25) is 0 Å². The van der Waals surface area contributed by atoms with Crippen LogP contribution in [0.1, 0.15) is 13.3 Å². The normalized spacial score (nSPS) is 11.3. The first-order chi connectivity index (χ1) is 6.51. The van der Waals surface area contributed by atoms with E-state index in [1.54, 1.807) is 0 Å². The van der Waals surface area contributed by atoms with E-state index in [1.165, 1.54) is 6.92 Å². The minimum absolute atomic E-state index is 0.0278. The summed E-state index contributed by atoms with van der Waals surface area (Å²) in [6.45, 7) is 1.27. The maximum absolute atomic E-state index is 10.8. The summed E-state index contributed by atoms with van der Waals surface area (Å²) in [7, 11) is 0. The van der Waals surface area contributed by atoms with Crippen molar-refractivity contribution in [3.63, 3.8) is 0 Å². The summed E-state index contributed by atoms with van der Waals surface area (Å²) >= 11 is 5.31. The van der Waals surface area contributed by atoms with Crippen LogP contribution in [0, 0.1) is 5.41 Å². The van der Waals surface area contributed by atoms with E-state index in [4.69, 9.17) is 26.6 Å². The van der Waals surface area contributed by atoms with Gasteiger partial charge in [0.25, 0.3) is 0 Å². The highest BCUT2D eigenvalue weighted by Crippen LogP contribution is 2.23. The third-order valence-corrected chi connectivity index (χ3v) is 2.15. The van der Waals surface area contributed by atoms with Crippen molar-refractivity contribution in [2.45, 2.75) is 13.3 Å². The Balaban J connectivity index is 4.52. The average molecular weight is 225 g/mol. The van der Waals surface area contributed by atoms with E-state index in [1.807, 2.05) is 0 Å². The summed E-state index contributed by atoms with van der Waals surface area (Å²) in [5, 5.41) is 17.6. The van der Waals surface area contributed by atoms with Gasteiger partial charge in [-0.1, -0.05) is 6.92 Å². The van der Waals surface area contributed by atoms with Gasteiger partial charge in [-0.25, -0.2) is 0 Å². The number of aliphatic carboxylic acids is 2. The molecule has 0 aromatic heterocycles. The van der Waals surface area contributed by atoms with Gasteiger partial charge in [-0.15, -0.1) is 11.6 Å². The number of rotatable bonds is 7. The van der Waals surface area contributed by atoms with Gasteiger partial charge in [0.05, 0.1) is 13.2 Å². The lowest BCUT2D eigenvalue weighted by atomic mass is 9.86. The number of carbonyl (C=O) groups is 2. The van der Waals surface area contributed by atoms with Gasteiger partial charge in [-0.2, -0.15) is 0 Å². The van der Waals surface area contributed by atoms with Crippen LogP contribution in [0.5, 0.6) is 0 Å². The van der Waals surface area contributed by atoms with Crippen molar-refractivity contribution >= 4 is 23.5 Å². The molecule has 5 nitrogen and oxygen atoms in total. The predicted octanol–water partition coefficient (Wildman–Crippen LogP) is 0.807. The molecule has 0 aliphatic heterocycles. The fraction of sp³-hybridized carbons (Fsp3) is 0.750. The van der Waals surface area contributed by atoms with Crippen LogP contribution in [0.2, 0.25) is 0 Å². The molecule has 0 amide bonds. The van der Waals surface area contributed by atoms with E-state index >= 15 is 0 Å². The molecule has 0 saturated heterocycles. The summed E-state index contributed by atoms with van der Waals surface area (Å²) in [5.41, 5.74) is -1.86. The van der Waals surface area contributed by atoms with Crippen molar-refractivity contribution in [2.75, 3.05) is 19.1 Å². The number of ether oxygens (including phenoxy) is 1. The molecule has 0 atom stereocenters. The smallest absolute Gasteiger partial charge is 0.323 e. The van der Waals surface area contributed by atoms with Crippen LogP contribution in [0.25, 0.3) is 0 Å². The minimum atomic E-state index is -1.86. The monoisotopic (exact) mass is 224 g/mol. The van der Waals surface area contributed by atoms with Gasteiger partial charge < -0.3 is 14.9 Å². The molecule has 0 rings (SSSR count). The molecule has 0 aliphatic carbocycles. The Kier molecular flexibility index (Phi) is 5.49. The van der Waals surface area contributed by atoms with Crippen LogP contribution in [0.4, 0.5) is 0 Å². The second-order valence-corrected chi connectivity index (χ2v) is 3.17. The van der Waals surface area contributed by atoms with Crippen LogP contribution >= 0.6 is 11.6 Å². The van der Waals surface area contributed by atoms with Gasteiger partial charge in [-0.05, 0) is 6.42 Å². The highest BCUT2D eigenvalue weighted by molar-refractivity contribution is 6.17. The first-order valence-corrected chi connectivity index (χ1v) is 4.65. The molecule has 14 heavy (non-hydrogen) atoms. The van der Waals surface area contributed by atoms with Crippen molar-refractivity contribution in [3.05, 3.63) is 0 Å². The Hall–Kier alpha value is -0.810. The zero-order valence-corrected chi connectivity index (χ0v) is 8.58. The van der Waals surface area contributed by atoms with E-state index in [0.29, 0.717) is 0 Å². The zero-order valence-electron chi connectivity index (χ0n) is 7.83. The van der Waals surface area contributed by atoms with Crippen LogP contribution in [-0.2, 0) is 14.3 Å². The van der Waals surface area contributed by atoms with Crippen molar-refractivity contribution in [3.8, 4) is 0 Å². The maximum atomic E-state index is 10.8. The quantitative estimate of drug-likeness (QED) is 0.380. The minimum Gasteiger partial charge on any atom is -0.480 e. The molecule has 0 aromatic carbocycles. The van der Waals surface area contributed by atoms with Crippen LogP contribution < -0.4 is 0 Å². The van der Waals surface area contributed by atoms with E-state index in [2.05, 4.69) is 0 Å². The second kappa shape index (κ2) is 5.82. The SMILES string of the molecule is CCC(COCCCl)(C(=O)O)C(=O)O. The Morgan fingerprint density at radius 1 is 1.36 bits per heavy atom. The Labute approximate surface area is 86.6 Å². The van der Waals surface area contributed by atoms with E-state index in [-0.39, 0.29) is 25.5 Å². The Bertz CT molecular complexity index is 202. The van der Waals surface area contributed by atoms with E-state index in [0.717, 1.165) is 0 Å². The molecule has 0 aromatic rings. The third kappa shape index (κ3) is 2.85. The topological polar surface area (TPSA) is 83.8 Å². The fourth-order valence-corrected chi connectivity index (χ4v) is 1.03. The molecule has 0 heterocycles. The van der Waals surface area contributed by atoms with Gasteiger partial charge in [0.1, 0.15) is 0 Å². The Morgan fingerprint density at radius 2 is 1.86 bits per heavy atom.